The van der Waals surface area contributed by atoms with Crippen LogP contribution in [0.1, 0.15) is 66.4 Å². The highest BCUT2D eigenvalue weighted by atomic mass is 16.2. The number of nitrogens with one attached hydrogen (secondary N) is 1. The van der Waals surface area contributed by atoms with Crippen LogP contribution in [0.15, 0.2) is 36.4 Å². The van der Waals surface area contributed by atoms with Gasteiger partial charge in [-0.3, -0.25) is 29.4 Å². The largest absolute Gasteiger partial charge is 0.288 e. The van der Waals surface area contributed by atoms with Gasteiger partial charge in [0.15, 0.2) is 0 Å². The van der Waals surface area contributed by atoms with Gasteiger partial charge in [-0.15, -0.1) is 0 Å². The third kappa shape index (κ3) is 3.33. The molecule has 2 aromatic carbocycles. The van der Waals surface area contributed by atoms with Crippen molar-refractivity contribution in [1.29, 1.82) is 0 Å². The highest BCUT2D eigenvalue weighted by molar-refractivity contribution is 6.22. The van der Waals surface area contributed by atoms with Crippen LogP contribution in [0.4, 0.5) is 0 Å². The van der Waals surface area contributed by atoms with Gasteiger partial charge in [-0.25, -0.2) is 0 Å². The average Bonchev–Trinajstić information content (AvgIpc) is 3.06. The predicted molar refractivity (Wildman–Crippen MR) is 104 cm³/mol. The molecule has 0 aromatic heterocycles. The fourth-order valence-corrected chi connectivity index (χ4v) is 3.42. The maximum atomic E-state index is 12.1. The van der Waals surface area contributed by atoms with Gasteiger partial charge in [0.05, 0.1) is 22.3 Å². The lowest BCUT2D eigenvalue weighted by atomic mass is 10.0. The highest BCUT2D eigenvalue weighted by Gasteiger charge is 2.36. The van der Waals surface area contributed by atoms with Crippen molar-refractivity contribution in [2.75, 3.05) is 6.54 Å². The Morgan fingerprint density at radius 2 is 1.36 bits per heavy atom. The Kier molecular flexibility index (Phi) is 5.14. The fraction of sp³-hybridized carbons (Fsp3) is 0.273. The van der Waals surface area contributed by atoms with Crippen LogP contribution in [-0.4, -0.2) is 35.1 Å². The number of benzene rings is 2. The van der Waals surface area contributed by atoms with Gasteiger partial charge in [0.2, 0.25) is 0 Å². The molecular formula is C22H22N2O4. The molecule has 1 N–H and O–H groups in total. The van der Waals surface area contributed by atoms with Crippen LogP contribution < -0.4 is 5.32 Å². The van der Waals surface area contributed by atoms with Gasteiger partial charge < -0.3 is 0 Å². The Morgan fingerprint density at radius 3 is 1.89 bits per heavy atom. The number of imide groups is 2. The van der Waals surface area contributed by atoms with Crippen molar-refractivity contribution in [2.24, 2.45) is 5.92 Å². The van der Waals surface area contributed by atoms with Crippen LogP contribution in [0.25, 0.3) is 0 Å². The average molecular weight is 378 g/mol. The van der Waals surface area contributed by atoms with Crippen molar-refractivity contribution < 1.29 is 19.2 Å². The van der Waals surface area contributed by atoms with E-state index in [-0.39, 0.29) is 23.6 Å². The SMILES string of the molecule is Cc1cccc2c1C(=O)N(CC(C)C)C2=O.Cc1cccc2c1C(=O)NC2=O. The summed E-state index contributed by atoms with van der Waals surface area (Å²) in [5, 5.41) is 2.25. The van der Waals surface area contributed by atoms with E-state index in [1.165, 1.54) is 4.90 Å². The molecule has 0 unspecified atom stereocenters. The summed E-state index contributed by atoms with van der Waals surface area (Å²) in [6.07, 6.45) is 0. The minimum atomic E-state index is -0.293. The molecule has 144 valence electrons. The van der Waals surface area contributed by atoms with E-state index >= 15 is 0 Å². The second-order valence-corrected chi connectivity index (χ2v) is 7.39. The van der Waals surface area contributed by atoms with Crippen molar-refractivity contribution in [2.45, 2.75) is 27.7 Å². The third-order valence-corrected chi connectivity index (χ3v) is 4.73. The van der Waals surface area contributed by atoms with Crippen molar-refractivity contribution >= 4 is 23.6 Å². The second kappa shape index (κ2) is 7.38. The number of amides is 4. The van der Waals surface area contributed by atoms with Crippen LogP contribution in [-0.2, 0) is 0 Å². The van der Waals surface area contributed by atoms with E-state index in [0.717, 1.165) is 11.1 Å². The zero-order valence-corrected chi connectivity index (χ0v) is 16.3. The molecule has 2 aliphatic heterocycles. The normalized spacial score (nSPS) is 14.7. The molecule has 0 radical (unpaired) electrons. The van der Waals surface area contributed by atoms with E-state index in [2.05, 4.69) is 5.32 Å². The lowest BCUT2D eigenvalue weighted by molar-refractivity contribution is 0.0635. The van der Waals surface area contributed by atoms with Crippen molar-refractivity contribution in [3.8, 4) is 0 Å². The first-order valence-corrected chi connectivity index (χ1v) is 9.13. The molecule has 28 heavy (non-hydrogen) atoms. The Morgan fingerprint density at radius 1 is 0.786 bits per heavy atom. The van der Waals surface area contributed by atoms with Crippen LogP contribution in [0, 0.1) is 19.8 Å². The Bertz CT molecular complexity index is 1010. The molecule has 0 atom stereocenters. The van der Waals surface area contributed by atoms with Gasteiger partial charge >= 0.3 is 0 Å². The van der Waals surface area contributed by atoms with E-state index in [4.69, 9.17) is 0 Å². The lowest BCUT2D eigenvalue weighted by Gasteiger charge is -2.15. The minimum absolute atomic E-state index is 0.146. The second-order valence-electron chi connectivity index (χ2n) is 7.39. The van der Waals surface area contributed by atoms with Gasteiger partial charge in [-0.05, 0) is 43.0 Å². The maximum absolute atomic E-state index is 12.1. The van der Waals surface area contributed by atoms with Crippen molar-refractivity contribution in [3.63, 3.8) is 0 Å². The lowest BCUT2D eigenvalue weighted by Crippen LogP contribution is -2.33. The molecule has 0 aliphatic carbocycles. The number of hydrogen-bond donors (Lipinski definition) is 1. The Balaban J connectivity index is 0.000000167. The first kappa shape index (κ1) is 19.5. The zero-order valence-electron chi connectivity index (χ0n) is 16.3. The van der Waals surface area contributed by atoms with Crippen LogP contribution >= 0.6 is 0 Å². The highest BCUT2D eigenvalue weighted by Crippen LogP contribution is 2.26. The Labute approximate surface area is 163 Å². The molecule has 0 fully saturated rings. The summed E-state index contributed by atoms with van der Waals surface area (Å²) in [6, 6.07) is 10.6. The third-order valence-electron chi connectivity index (χ3n) is 4.73. The quantitative estimate of drug-likeness (QED) is 0.814. The summed E-state index contributed by atoms with van der Waals surface area (Å²) in [5.74, 6) is -0.585. The number of nitrogens with zero attached hydrogens (tertiary/aromatic N) is 1. The van der Waals surface area contributed by atoms with Crippen LogP contribution in [0.3, 0.4) is 0 Å². The first-order valence-electron chi connectivity index (χ1n) is 9.13. The molecule has 4 rings (SSSR count). The monoisotopic (exact) mass is 378 g/mol. The molecule has 6 nitrogen and oxygen atoms in total. The Hall–Kier alpha value is -3.28. The molecule has 6 heteroatoms. The first-order chi connectivity index (χ1) is 13.2. The predicted octanol–water partition coefficient (Wildman–Crippen LogP) is 3.13. The van der Waals surface area contributed by atoms with Gasteiger partial charge in [-0.2, -0.15) is 0 Å². The summed E-state index contributed by atoms with van der Waals surface area (Å²) in [6.45, 7) is 8.17. The van der Waals surface area contributed by atoms with Crippen molar-refractivity contribution in [3.05, 3.63) is 69.8 Å². The number of hydrogen-bond acceptors (Lipinski definition) is 4. The molecular weight excluding hydrogens is 356 g/mol. The fourth-order valence-electron chi connectivity index (χ4n) is 3.42. The number of aryl methyl sites for hydroxylation is 2. The summed E-state index contributed by atoms with van der Waals surface area (Å²) < 4.78 is 0. The van der Waals surface area contributed by atoms with E-state index in [0.29, 0.717) is 34.7 Å². The molecule has 0 bridgehead atoms. The van der Waals surface area contributed by atoms with Gasteiger partial charge in [-0.1, -0.05) is 38.1 Å². The summed E-state index contributed by atoms with van der Waals surface area (Å²) in [7, 11) is 0. The van der Waals surface area contributed by atoms with E-state index in [1.54, 1.807) is 18.2 Å². The molecule has 0 saturated carbocycles. The zero-order chi connectivity index (χ0) is 20.6. The molecule has 2 heterocycles. The molecule has 0 spiro atoms. The minimum Gasteiger partial charge on any atom is -0.288 e. The number of carbonyl (C=O) groups excluding carboxylic acids is 4. The smallest absolute Gasteiger partial charge is 0.261 e. The molecule has 2 aliphatic rings. The van der Waals surface area contributed by atoms with Gasteiger partial charge in [0.1, 0.15) is 0 Å². The summed E-state index contributed by atoms with van der Waals surface area (Å²) in [4.78, 5) is 47.7. The van der Waals surface area contributed by atoms with E-state index in [9.17, 15) is 19.2 Å². The van der Waals surface area contributed by atoms with E-state index in [1.807, 2.05) is 45.9 Å². The van der Waals surface area contributed by atoms with Gasteiger partial charge in [0, 0.05) is 6.54 Å². The topological polar surface area (TPSA) is 83.6 Å². The van der Waals surface area contributed by atoms with Crippen molar-refractivity contribution in [1.82, 2.24) is 10.2 Å². The number of rotatable bonds is 2. The van der Waals surface area contributed by atoms with Crippen LogP contribution in [0.2, 0.25) is 0 Å². The molecule has 4 amide bonds. The maximum Gasteiger partial charge on any atom is 0.261 e. The van der Waals surface area contributed by atoms with E-state index < -0.39 is 0 Å². The molecule has 0 saturated heterocycles. The number of fused-ring (bicyclic) bond motifs is 2. The number of carbonyl (C=O) groups is 4. The standard InChI is InChI=1S/C13H15NO2.C9H7NO2/c1-8(2)7-14-12(15)10-6-4-5-9(3)11(10)13(14)16;1-5-3-2-4-6-7(5)9(12)10-8(6)11/h4-6,8H,7H2,1-3H3;2-4H,1H3,(H,10,11,12). The summed E-state index contributed by atoms with van der Waals surface area (Å²) >= 11 is 0. The van der Waals surface area contributed by atoms with Gasteiger partial charge in [0.25, 0.3) is 23.6 Å². The van der Waals surface area contributed by atoms with Crippen LogP contribution in [0.5, 0.6) is 0 Å². The summed E-state index contributed by atoms with van der Waals surface area (Å²) in [5.41, 5.74) is 3.85. The molecule has 2 aromatic rings.